The van der Waals surface area contributed by atoms with Gasteiger partial charge in [0.1, 0.15) is 5.75 Å². The summed E-state index contributed by atoms with van der Waals surface area (Å²) in [6.07, 6.45) is 0.140. The molecule has 6 nitrogen and oxygen atoms in total. The lowest BCUT2D eigenvalue weighted by atomic mass is 10.1. The molecule has 0 bridgehead atoms. The SMILES string of the molecule is CCN(CC)CC(=O)Cc1cc([N+](=O)[O-])ccc1OC. The molecule has 0 radical (unpaired) electrons. The molecule has 0 aliphatic carbocycles. The molecule has 0 spiro atoms. The Morgan fingerprint density at radius 2 is 2.00 bits per heavy atom. The summed E-state index contributed by atoms with van der Waals surface area (Å²) < 4.78 is 5.15. The number of benzene rings is 1. The van der Waals surface area contributed by atoms with Crippen LogP contribution in [0.4, 0.5) is 5.69 Å². The van der Waals surface area contributed by atoms with Gasteiger partial charge in [0, 0.05) is 24.1 Å². The maximum atomic E-state index is 12.0. The molecule has 0 atom stereocenters. The van der Waals surface area contributed by atoms with Crippen molar-refractivity contribution in [3.05, 3.63) is 33.9 Å². The van der Waals surface area contributed by atoms with Gasteiger partial charge in [0.15, 0.2) is 5.78 Å². The van der Waals surface area contributed by atoms with Gasteiger partial charge < -0.3 is 4.74 Å². The van der Waals surface area contributed by atoms with Gasteiger partial charge in [-0.05, 0) is 19.2 Å². The van der Waals surface area contributed by atoms with Gasteiger partial charge in [0.25, 0.3) is 5.69 Å². The summed E-state index contributed by atoms with van der Waals surface area (Å²) in [5.74, 6) is 0.524. The molecule has 6 heteroatoms. The highest BCUT2D eigenvalue weighted by Gasteiger charge is 2.15. The molecule has 0 aromatic heterocycles. The summed E-state index contributed by atoms with van der Waals surface area (Å²) in [5, 5.41) is 10.8. The van der Waals surface area contributed by atoms with Crippen molar-refractivity contribution in [1.82, 2.24) is 4.90 Å². The molecule has 0 unspecified atom stereocenters. The Kier molecular flexibility index (Phi) is 6.11. The number of nitrogens with zero attached hydrogens (tertiary/aromatic N) is 2. The molecule has 0 saturated carbocycles. The second-order valence-corrected chi connectivity index (χ2v) is 4.43. The Labute approximate surface area is 118 Å². The number of likely N-dealkylation sites (N-methyl/N-ethyl adjacent to an activating group) is 1. The molecular weight excluding hydrogens is 260 g/mol. The summed E-state index contributed by atoms with van der Waals surface area (Å²) >= 11 is 0. The second kappa shape index (κ2) is 7.59. The van der Waals surface area contributed by atoms with Crippen LogP contribution in [0.5, 0.6) is 5.75 Å². The standard InChI is InChI=1S/C14H20N2O4/c1-4-15(5-2)10-13(17)9-11-8-12(16(18)19)6-7-14(11)20-3/h6-8H,4-5,9-10H2,1-3H3. The lowest BCUT2D eigenvalue weighted by molar-refractivity contribution is -0.384. The van der Waals surface area contributed by atoms with E-state index in [1.807, 2.05) is 18.7 Å². The zero-order chi connectivity index (χ0) is 15.1. The van der Waals surface area contributed by atoms with E-state index in [4.69, 9.17) is 4.74 Å². The number of hydrogen-bond donors (Lipinski definition) is 0. The number of ketones is 1. The normalized spacial score (nSPS) is 10.6. The van der Waals surface area contributed by atoms with Crippen LogP contribution in [-0.2, 0) is 11.2 Å². The zero-order valence-corrected chi connectivity index (χ0v) is 12.1. The van der Waals surface area contributed by atoms with E-state index in [0.29, 0.717) is 17.9 Å². The molecule has 0 heterocycles. The number of nitro groups is 1. The molecule has 0 saturated heterocycles. The third kappa shape index (κ3) is 4.31. The predicted molar refractivity (Wildman–Crippen MR) is 76.1 cm³/mol. The van der Waals surface area contributed by atoms with Crippen LogP contribution in [0.3, 0.4) is 0 Å². The molecule has 0 amide bonds. The average molecular weight is 280 g/mol. The molecule has 0 aliphatic rings. The Hall–Kier alpha value is -1.95. The van der Waals surface area contributed by atoms with Crippen LogP contribution in [0.25, 0.3) is 0 Å². The van der Waals surface area contributed by atoms with Crippen LogP contribution in [0.2, 0.25) is 0 Å². The zero-order valence-electron chi connectivity index (χ0n) is 12.1. The highest BCUT2D eigenvalue weighted by Crippen LogP contribution is 2.24. The lowest BCUT2D eigenvalue weighted by Gasteiger charge is -2.17. The first-order chi connectivity index (χ1) is 9.51. The molecule has 1 aromatic rings. The van der Waals surface area contributed by atoms with Gasteiger partial charge in [0.05, 0.1) is 18.6 Å². The molecule has 0 fully saturated rings. The van der Waals surface area contributed by atoms with E-state index in [2.05, 4.69) is 0 Å². The second-order valence-electron chi connectivity index (χ2n) is 4.43. The maximum absolute atomic E-state index is 12.0. The van der Waals surface area contributed by atoms with Crippen LogP contribution in [-0.4, -0.2) is 42.4 Å². The average Bonchev–Trinajstić information content (AvgIpc) is 2.44. The number of carbonyl (C=O) groups is 1. The van der Waals surface area contributed by atoms with E-state index in [1.54, 1.807) is 0 Å². The van der Waals surface area contributed by atoms with E-state index in [9.17, 15) is 14.9 Å². The van der Waals surface area contributed by atoms with E-state index in [0.717, 1.165) is 13.1 Å². The van der Waals surface area contributed by atoms with E-state index < -0.39 is 4.92 Å². The molecule has 20 heavy (non-hydrogen) atoms. The van der Waals surface area contributed by atoms with Crippen molar-refractivity contribution in [3.63, 3.8) is 0 Å². The van der Waals surface area contributed by atoms with Gasteiger partial charge in [-0.1, -0.05) is 13.8 Å². The first kappa shape index (κ1) is 16.1. The van der Waals surface area contributed by atoms with Gasteiger partial charge in [-0.25, -0.2) is 0 Å². The number of carbonyl (C=O) groups excluding carboxylic acids is 1. The number of rotatable bonds is 8. The number of ether oxygens (including phenoxy) is 1. The first-order valence-corrected chi connectivity index (χ1v) is 6.57. The summed E-state index contributed by atoms with van der Waals surface area (Å²) in [4.78, 5) is 24.3. The van der Waals surface area contributed by atoms with Crippen molar-refractivity contribution in [1.29, 1.82) is 0 Å². The quantitative estimate of drug-likeness (QED) is 0.538. The van der Waals surface area contributed by atoms with Crippen molar-refractivity contribution in [2.24, 2.45) is 0 Å². The Morgan fingerprint density at radius 1 is 1.35 bits per heavy atom. The van der Waals surface area contributed by atoms with Crippen molar-refractivity contribution in [2.75, 3.05) is 26.7 Å². The Morgan fingerprint density at radius 3 is 2.50 bits per heavy atom. The van der Waals surface area contributed by atoms with Crippen LogP contribution in [0, 0.1) is 10.1 Å². The third-order valence-corrected chi connectivity index (χ3v) is 3.16. The number of non-ortho nitro benzene ring substituents is 1. The maximum Gasteiger partial charge on any atom is 0.269 e. The molecule has 1 aromatic carbocycles. The first-order valence-electron chi connectivity index (χ1n) is 6.57. The largest absolute Gasteiger partial charge is 0.496 e. The van der Waals surface area contributed by atoms with Crippen LogP contribution >= 0.6 is 0 Å². The fourth-order valence-electron chi connectivity index (χ4n) is 1.98. The van der Waals surface area contributed by atoms with Crippen LogP contribution in [0.15, 0.2) is 18.2 Å². The summed E-state index contributed by atoms with van der Waals surface area (Å²) in [6.45, 7) is 5.93. The van der Waals surface area contributed by atoms with Gasteiger partial charge in [0.2, 0.25) is 0 Å². The number of hydrogen-bond acceptors (Lipinski definition) is 5. The minimum atomic E-state index is -0.474. The molecular formula is C14H20N2O4. The smallest absolute Gasteiger partial charge is 0.269 e. The lowest BCUT2D eigenvalue weighted by Crippen LogP contribution is -2.30. The van der Waals surface area contributed by atoms with Gasteiger partial charge in [-0.15, -0.1) is 0 Å². The topological polar surface area (TPSA) is 72.7 Å². The van der Waals surface area contributed by atoms with Crippen molar-refractivity contribution in [3.8, 4) is 5.75 Å². The number of Topliss-reactive ketones (excluding diaryl/α,β-unsaturated/α-hetero) is 1. The van der Waals surface area contributed by atoms with Gasteiger partial charge in [-0.3, -0.25) is 19.8 Å². The highest BCUT2D eigenvalue weighted by atomic mass is 16.6. The van der Waals surface area contributed by atoms with Crippen LogP contribution < -0.4 is 4.74 Å². The van der Waals surface area contributed by atoms with Crippen molar-refractivity contribution >= 4 is 11.5 Å². The van der Waals surface area contributed by atoms with Gasteiger partial charge >= 0.3 is 0 Å². The van der Waals surface area contributed by atoms with Crippen molar-refractivity contribution in [2.45, 2.75) is 20.3 Å². The molecule has 110 valence electrons. The molecule has 1 rings (SSSR count). The summed E-state index contributed by atoms with van der Waals surface area (Å²) in [5.41, 5.74) is 0.523. The molecule has 0 N–H and O–H groups in total. The fraction of sp³-hybridized carbons (Fsp3) is 0.500. The minimum Gasteiger partial charge on any atom is -0.496 e. The third-order valence-electron chi connectivity index (χ3n) is 3.16. The summed E-state index contributed by atoms with van der Waals surface area (Å²) in [6, 6.07) is 4.30. The Bertz CT molecular complexity index is 484. The van der Waals surface area contributed by atoms with Crippen molar-refractivity contribution < 1.29 is 14.5 Å². The van der Waals surface area contributed by atoms with E-state index in [1.165, 1.54) is 25.3 Å². The highest BCUT2D eigenvalue weighted by molar-refractivity contribution is 5.83. The predicted octanol–water partition coefficient (Wildman–Crippen LogP) is 2.06. The summed E-state index contributed by atoms with van der Waals surface area (Å²) in [7, 11) is 1.49. The minimum absolute atomic E-state index is 0.0208. The number of methoxy groups -OCH3 is 1. The molecule has 0 aliphatic heterocycles. The van der Waals surface area contributed by atoms with E-state index >= 15 is 0 Å². The fourth-order valence-corrected chi connectivity index (χ4v) is 1.98. The Balaban J connectivity index is 2.86. The van der Waals surface area contributed by atoms with Gasteiger partial charge in [-0.2, -0.15) is 0 Å². The van der Waals surface area contributed by atoms with E-state index in [-0.39, 0.29) is 17.9 Å². The van der Waals surface area contributed by atoms with Crippen LogP contribution in [0.1, 0.15) is 19.4 Å². The number of nitro benzene ring substituents is 1. The monoisotopic (exact) mass is 280 g/mol.